The van der Waals surface area contributed by atoms with E-state index in [-0.39, 0.29) is 30.9 Å². The molecule has 0 aromatic heterocycles. The molecule has 200 valence electrons. The van der Waals surface area contributed by atoms with Gasteiger partial charge < -0.3 is 25.7 Å². The summed E-state index contributed by atoms with van der Waals surface area (Å²) in [6.45, 7) is 2.01. The van der Waals surface area contributed by atoms with Gasteiger partial charge >= 0.3 is 0 Å². The second-order valence-electron chi connectivity index (χ2n) is 10.1. The summed E-state index contributed by atoms with van der Waals surface area (Å²) in [4.78, 5) is 40.3. The molecule has 3 aromatic carbocycles. The van der Waals surface area contributed by atoms with E-state index in [1.54, 1.807) is 66.4 Å². The molecule has 0 bridgehead atoms. The van der Waals surface area contributed by atoms with Gasteiger partial charge in [-0.2, -0.15) is 0 Å². The van der Waals surface area contributed by atoms with Crippen molar-refractivity contribution in [2.24, 2.45) is 5.92 Å². The van der Waals surface area contributed by atoms with Crippen molar-refractivity contribution < 1.29 is 24.6 Å². The van der Waals surface area contributed by atoms with Crippen LogP contribution >= 0.6 is 0 Å². The molecule has 2 heterocycles. The van der Waals surface area contributed by atoms with Crippen LogP contribution in [-0.2, 0) is 28.2 Å². The highest BCUT2D eigenvalue weighted by Gasteiger charge is 2.48. The number of aliphatic hydroxyl groups excluding tert-OH is 1. The summed E-state index contributed by atoms with van der Waals surface area (Å²) in [6, 6.07) is 21.3. The number of fused-ring (bicyclic) bond motifs is 2. The molecule has 39 heavy (non-hydrogen) atoms. The number of hydrogen-bond donors (Lipinski definition) is 4. The van der Waals surface area contributed by atoms with Gasteiger partial charge in [-0.25, -0.2) is 0 Å². The zero-order valence-corrected chi connectivity index (χ0v) is 21.6. The minimum atomic E-state index is -1.87. The third-order valence-corrected chi connectivity index (χ3v) is 7.58. The normalized spacial score (nSPS) is 20.7. The number of carbonyl (C=O) groups excluding carboxylic acids is 3. The molecule has 2 aliphatic heterocycles. The van der Waals surface area contributed by atoms with Crippen molar-refractivity contribution in [3.63, 3.8) is 0 Å². The van der Waals surface area contributed by atoms with Crippen LogP contribution in [0.25, 0.3) is 0 Å². The van der Waals surface area contributed by atoms with Gasteiger partial charge in [-0.3, -0.25) is 14.4 Å². The fraction of sp³-hybridized carbons (Fsp3) is 0.258. The summed E-state index contributed by atoms with van der Waals surface area (Å²) in [5.41, 5.74) is 2.09. The van der Waals surface area contributed by atoms with Crippen LogP contribution in [0.4, 0.5) is 11.4 Å². The van der Waals surface area contributed by atoms with Crippen molar-refractivity contribution >= 4 is 29.1 Å². The lowest BCUT2D eigenvalue weighted by Crippen LogP contribution is -2.46. The van der Waals surface area contributed by atoms with Gasteiger partial charge in [-0.15, -0.1) is 0 Å². The van der Waals surface area contributed by atoms with Crippen molar-refractivity contribution in [3.05, 3.63) is 107 Å². The molecular formula is C31H31N3O5. The third kappa shape index (κ3) is 5.08. The Morgan fingerprint density at radius 1 is 1.10 bits per heavy atom. The molecular weight excluding hydrogens is 494 g/mol. The van der Waals surface area contributed by atoms with Gasteiger partial charge in [0.1, 0.15) is 0 Å². The zero-order valence-electron chi connectivity index (χ0n) is 21.6. The standard InChI is InChI=1S/C31H31N3O5/c1-20(8-7-13-28(36)34-18-23-12-6-5-11-22(23)16-25(34)19-35)31(39)26-17-24(14-15-27(26)33-30(31)38)32-29(37)21-9-3-2-4-10-21/h2-12,14-15,17,20,25,35,39H,13,16,18-19H2,1H3,(H,32,37)(H,33,38)/b8-7+/t20-,25+,31+/m1/s1. The van der Waals surface area contributed by atoms with E-state index < -0.39 is 17.4 Å². The third-order valence-electron chi connectivity index (χ3n) is 7.58. The maximum Gasteiger partial charge on any atom is 0.261 e. The summed E-state index contributed by atoms with van der Waals surface area (Å²) < 4.78 is 0. The Morgan fingerprint density at radius 3 is 2.56 bits per heavy atom. The average Bonchev–Trinajstić information content (AvgIpc) is 3.22. The second kappa shape index (κ2) is 10.8. The summed E-state index contributed by atoms with van der Waals surface area (Å²) >= 11 is 0. The first-order valence-corrected chi connectivity index (χ1v) is 13.0. The van der Waals surface area contributed by atoms with Crippen molar-refractivity contribution in [1.29, 1.82) is 0 Å². The van der Waals surface area contributed by atoms with E-state index in [0.717, 1.165) is 11.1 Å². The number of amides is 3. The predicted molar refractivity (Wildman–Crippen MR) is 148 cm³/mol. The van der Waals surface area contributed by atoms with Crippen molar-refractivity contribution in [2.75, 3.05) is 17.2 Å². The summed E-state index contributed by atoms with van der Waals surface area (Å²) in [5.74, 6) is -1.67. The molecule has 3 aromatic rings. The maximum absolute atomic E-state index is 13.1. The van der Waals surface area contributed by atoms with Crippen LogP contribution in [0.1, 0.15) is 40.4 Å². The number of nitrogens with one attached hydrogen (secondary N) is 2. The molecule has 0 saturated carbocycles. The van der Waals surface area contributed by atoms with Gasteiger partial charge in [0.05, 0.1) is 12.6 Å². The molecule has 0 aliphatic carbocycles. The molecule has 0 saturated heterocycles. The molecule has 4 N–H and O–H groups in total. The van der Waals surface area contributed by atoms with Gasteiger partial charge in [0.2, 0.25) is 5.91 Å². The van der Waals surface area contributed by atoms with E-state index in [0.29, 0.717) is 35.5 Å². The number of carbonyl (C=O) groups is 3. The first-order valence-electron chi connectivity index (χ1n) is 13.0. The fourth-order valence-electron chi connectivity index (χ4n) is 5.30. The minimum absolute atomic E-state index is 0.0702. The highest BCUT2D eigenvalue weighted by atomic mass is 16.3. The Balaban J connectivity index is 1.29. The topological polar surface area (TPSA) is 119 Å². The summed E-state index contributed by atoms with van der Waals surface area (Å²) in [7, 11) is 0. The Labute approximate surface area is 227 Å². The maximum atomic E-state index is 13.1. The summed E-state index contributed by atoms with van der Waals surface area (Å²) in [6.07, 6.45) is 3.99. The first kappa shape index (κ1) is 26.3. The molecule has 8 nitrogen and oxygen atoms in total. The molecule has 0 spiro atoms. The van der Waals surface area contributed by atoms with Crippen LogP contribution in [0, 0.1) is 5.92 Å². The van der Waals surface area contributed by atoms with E-state index in [1.165, 1.54) is 0 Å². The molecule has 0 fully saturated rings. The largest absolute Gasteiger partial charge is 0.394 e. The summed E-state index contributed by atoms with van der Waals surface area (Å²) in [5, 5.41) is 27.0. The monoisotopic (exact) mass is 525 g/mol. The molecule has 3 atom stereocenters. The number of anilines is 2. The quantitative estimate of drug-likeness (QED) is 0.352. The van der Waals surface area contributed by atoms with Crippen molar-refractivity contribution in [1.82, 2.24) is 4.90 Å². The van der Waals surface area contributed by atoms with Gasteiger partial charge in [0.25, 0.3) is 11.8 Å². The van der Waals surface area contributed by atoms with Crippen LogP contribution in [-0.4, -0.2) is 45.5 Å². The van der Waals surface area contributed by atoms with E-state index in [1.807, 2.05) is 30.3 Å². The molecule has 0 unspecified atom stereocenters. The van der Waals surface area contributed by atoms with E-state index in [9.17, 15) is 24.6 Å². The number of hydrogen-bond acceptors (Lipinski definition) is 5. The zero-order chi connectivity index (χ0) is 27.6. The van der Waals surface area contributed by atoms with Crippen LogP contribution in [0.5, 0.6) is 0 Å². The number of aliphatic hydroxyl groups is 2. The van der Waals surface area contributed by atoms with E-state index in [4.69, 9.17) is 0 Å². The lowest BCUT2D eigenvalue weighted by Gasteiger charge is -2.36. The Hall–Kier alpha value is -4.27. The van der Waals surface area contributed by atoms with Gasteiger partial charge in [0, 0.05) is 41.4 Å². The lowest BCUT2D eigenvalue weighted by molar-refractivity contribution is -0.137. The average molecular weight is 526 g/mol. The molecule has 0 radical (unpaired) electrons. The van der Waals surface area contributed by atoms with Gasteiger partial charge in [-0.1, -0.05) is 61.5 Å². The highest BCUT2D eigenvalue weighted by Crippen LogP contribution is 2.43. The number of benzene rings is 3. The van der Waals surface area contributed by atoms with E-state index in [2.05, 4.69) is 10.6 Å². The Bertz CT molecular complexity index is 1440. The SMILES string of the molecule is C[C@H](/C=C/CC(=O)N1Cc2ccccc2C[C@H]1CO)[C@@]1(O)C(=O)Nc2ccc(NC(=O)c3ccccc3)cc21. The molecule has 2 aliphatic rings. The molecule has 5 rings (SSSR count). The minimum Gasteiger partial charge on any atom is -0.394 e. The van der Waals surface area contributed by atoms with Crippen molar-refractivity contribution in [2.45, 2.75) is 38.0 Å². The van der Waals surface area contributed by atoms with E-state index >= 15 is 0 Å². The van der Waals surface area contributed by atoms with Crippen LogP contribution in [0.2, 0.25) is 0 Å². The van der Waals surface area contributed by atoms with Crippen molar-refractivity contribution in [3.8, 4) is 0 Å². The van der Waals surface area contributed by atoms with Crippen LogP contribution < -0.4 is 10.6 Å². The molecule has 3 amide bonds. The number of nitrogens with zero attached hydrogens (tertiary/aromatic N) is 1. The highest BCUT2D eigenvalue weighted by molar-refractivity contribution is 6.07. The predicted octanol–water partition coefficient (Wildman–Crippen LogP) is 3.61. The second-order valence-corrected chi connectivity index (χ2v) is 10.1. The Morgan fingerprint density at radius 2 is 1.82 bits per heavy atom. The lowest BCUT2D eigenvalue weighted by atomic mass is 9.82. The first-order chi connectivity index (χ1) is 18.8. The van der Waals surface area contributed by atoms with Crippen LogP contribution in [0.3, 0.4) is 0 Å². The smallest absolute Gasteiger partial charge is 0.261 e. The Kier molecular flexibility index (Phi) is 7.32. The van der Waals surface area contributed by atoms with Crippen LogP contribution in [0.15, 0.2) is 84.9 Å². The number of rotatable bonds is 7. The molecule has 8 heteroatoms. The van der Waals surface area contributed by atoms with Gasteiger partial charge in [0.15, 0.2) is 5.60 Å². The fourth-order valence-corrected chi connectivity index (χ4v) is 5.30. The van der Waals surface area contributed by atoms with Gasteiger partial charge in [-0.05, 0) is 47.9 Å².